The lowest BCUT2D eigenvalue weighted by atomic mass is 10.1. The molecular formula is C18H18BrClN2O3. The molecule has 0 radical (unpaired) electrons. The Hall–Kier alpha value is -2.05. The maximum absolute atomic E-state index is 12.3. The summed E-state index contributed by atoms with van der Waals surface area (Å²) < 4.78 is 6.14. The molecule has 0 saturated carbocycles. The molecule has 0 heterocycles. The number of nitrogens with one attached hydrogen (secondary N) is 1. The zero-order valence-corrected chi connectivity index (χ0v) is 16.2. The minimum atomic E-state index is -0.327. The van der Waals surface area contributed by atoms with E-state index < -0.39 is 0 Å². The van der Waals surface area contributed by atoms with E-state index in [1.54, 1.807) is 25.2 Å². The van der Waals surface area contributed by atoms with Crippen LogP contribution in [-0.2, 0) is 16.0 Å². The van der Waals surface area contributed by atoms with Crippen molar-refractivity contribution in [2.24, 2.45) is 0 Å². The molecule has 0 saturated heterocycles. The average Bonchev–Trinajstić information content (AvgIpc) is 2.57. The minimum absolute atomic E-state index is 0.0645. The van der Waals surface area contributed by atoms with Crippen LogP contribution < -0.4 is 10.1 Å². The van der Waals surface area contributed by atoms with E-state index in [-0.39, 0.29) is 24.8 Å². The second kappa shape index (κ2) is 8.87. The van der Waals surface area contributed by atoms with E-state index in [0.29, 0.717) is 16.5 Å². The number of likely N-dealkylation sites (N-methyl/N-ethyl adjacent to an activating group) is 1. The highest BCUT2D eigenvalue weighted by molar-refractivity contribution is 9.10. The van der Waals surface area contributed by atoms with Crippen molar-refractivity contribution in [3.8, 4) is 5.75 Å². The molecule has 0 aromatic heterocycles. The molecule has 5 nitrogen and oxygen atoms in total. The molecule has 0 aliphatic rings. The highest BCUT2D eigenvalue weighted by Crippen LogP contribution is 2.27. The van der Waals surface area contributed by atoms with Crippen LogP contribution in [0.2, 0.25) is 5.02 Å². The molecule has 2 aromatic rings. The Morgan fingerprint density at radius 1 is 1.20 bits per heavy atom. The molecular weight excluding hydrogens is 408 g/mol. The van der Waals surface area contributed by atoms with Crippen LogP contribution in [0.1, 0.15) is 5.56 Å². The van der Waals surface area contributed by atoms with Gasteiger partial charge < -0.3 is 15.0 Å². The number of rotatable bonds is 6. The number of hydrogen-bond donors (Lipinski definition) is 1. The van der Waals surface area contributed by atoms with Crippen LogP contribution in [0, 0.1) is 0 Å². The van der Waals surface area contributed by atoms with E-state index in [1.165, 1.54) is 12.0 Å². The van der Waals surface area contributed by atoms with Crippen molar-refractivity contribution in [2.45, 2.75) is 6.42 Å². The summed E-state index contributed by atoms with van der Waals surface area (Å²) in [4.78, 5) is 25.8. The maximum Gasteiger partial charge on any atom is 0.244 e. The van der Waals surface area contributed by atoms with Gasteiger partial charge in [0.05, 0.1) is 25.8 Å². The smallest absolute Gasteiger partial charge is 0.244 e. The Labute approximate surface area is 160 Å². The highest BCUT2D eigenvalue weighted by Gasteiger charge is 2.15. The monoisotopic (exact) mass is 424 g/mol. The molecule has 2 rings (SSSR count). The lowest BCUT2D eigenvalue weighted by Crippen LogP contribution is -2.35. The van der Waals surface area contributed by atoms with Crippen LogP contribution in [-0.4, -0.2) is 37.4 Å². The van der Waals surface area contributed by atoms with Gasteiger partial charge in [-0.2, -0.15) is 0 Å². The van der Waals surface area contributed by atoms with E-state index >= 15 is 0 Å². The maximum atomic E-state index is 12.3. The lowest BCUT2D eigenvalue weighted by Gasteiger charge is -2.17. The first-order valence-electron chi connectivity index (χ1n) is 7.51. The van der Waals surface area contributed by atoms with Crippen LogP contribution in [0.4, 0.5) is 5.69 Å². The topological polar surface area (TPSA) is 58.6 Å². The molecule has 7 heteroatoms. The Morgan fingerprint density at radius 2 is 1.88 bits per heavy atom. The standard InChI is InChI=1S/C18H18BrClN2O3/c1-22(18(24)9-12-3-5-13(19)6-4-12)11-17(23)21-15-10-14(20)7-8-16(15)25-2/h3-8,10H,9,11H2,1-2H3,(H,21,23). The Bertz CT molecular complexity index is 765. The fraction of sp³-hybridized carbons (Fsp3) is 0.222. The number of nitrogens with zero attached hydrogens (tertiary/aromatic N) is 1. The molecule has 0 spiro atoms. The van der Waals surface area contributed by atoms with Gasteiger partial charge in [-0.05, 0) is 35.9 Å². The van der Waals surface area contributed by atoms with Gasteiger partial charge >= 0.3 is 0 Å². The lowest BCUT2D eigenvalue weighted by molar-refractivity contribution is -0.132. The van der Waals surface area contributed by atoms with Crippen molar-refractivity contribution < 1.29 is 14.3 Å². The van der Waals surface area contributed by atoms with Crippen molar-refractivity contribution >= 4 is 45.0 Å². The normalized spacial score (nSPS) is 10.2. The summed E-state index contributed by atoms with van der Waals surface area (Å²) in [6.07, 6.45) is 0.234. The number of anilines is 1. The summed E-state index contributed by atoms with van der Waals surface area (Å²) in [7, 11) is 3.10. The molecule has 0 aliphatic heterocycles. The predicted octanol–water partition coefficient (Wildman–Crippen LogP) is 3.75. The Balaban J connectivity index is 1.94. The van der Waals surface area contributed by atoms with Crippen LogP contribution in [0.25, 0.3) is 0 Å². The van der Waals surface area contributed by atoms with Gasteiger partial charge in [-0.1, -0.05) is 39.7 Å². The van der Waals surface area contributed by atoms with Gasteiger partial charge in [-0.25, -0.2) is 0 Å². The van der Waals surface area contributed by atoms with Crippen LogP contribution >= 0.6 is 27.5 Å². The summed E-state index contributed by atoms with van der Waals surface area (Å²) in [5.74, 6) is 0.0318. The summed E-state index contributed by atoms with van der Waals surface area (Å²) in [5, 5.41) is 3.19. The average molecular weight is 426 g/mol. The van der Waals surface area contributed by atoms with Crippen molar-refractivity contribution in [1.82, 2.24) is 4.90 Å². The molecule has 2 amide bonds. The fourth-order valence-electron chi connectivity index (χ4n) is 2.18. The van der Waals surface area contributed by atoms with Gasteiger partial charge in [0.25, 0.3) is 0 Å². The number of halogens is 2. The van der Waals surface area contributed by atoms with Gasteiger partial charge in [0, 0.05) is 16.5 Å². The van der Waals surface area contributed by atoms with Crippen LogP contribution in [0.5, 0.6) is 5.75 Å². The van der Waals surface area contributed by atoms with Crippen molar-refractivity contribution in [3.63, 3.8) is 0 Å². The van der Waals surface area contributed by atoms with E-state index in [4.69, 9.17) is 16.3 Å². The summed E-state index contributed by atoms with van der Waals surface area (Å²) in [5.41, 5.74) is 1.35. The van der Waals surface area contributed by atoms with Crippen molar-refractivity contribution in [1.29, 1.82) is 0 Å². The molecule has 0 atom stereocenters. The predicted molar refractivity (Wildman–Crippen MR) is 102 cm³/mol. The third kappa shape index (κ3) is 5.76. The minimum Gasteiger partial charge on any atom is -0.495 e. The first kappa shape index (κ1) is 19.3. The zero-order chi connectivity index (χ0) is 18.4. The molecule has 25 heavy (non-hydrogen) atoms. The van der Waals surface area contributed by atoms with Gasteiger partial charge in [0.15, 0.2) is 0 Å². The molecule has 0 unspecified atom stereocenters. The molecule has 1 N–H and O–H groups in total. The molecule has 2 aromatic carbocycles. The zero-order valence-electron chi connectivity index (χ0n) is 13.9. The number of benzene rings is 2. The van der Waals surface area contributed by atoms with E-state index in [1.807, 2.05) is 24.3 Å². The third-order valence-electron chi connectivity index (χ3n) is 3.51. The van der Waals surface area contributed by atoms with Crippen LogP contribution in [0.15, 0.2) is 46.9 Å². The van der Waals surface area contributed by atoms with Crippen LogP contribution in [0.3, 0.4) is 0 Å². The van der Waals surface area contributed by atoms with Crippen molar-refractivity contribution in [2.75, 3.05) is 26.0 Å². The first-order valence-corrected chi connectivity index (χ1v) is 8.68. The second-order valence-corrected chi connectivity index (χ2v) is 6.80. The van der Waals surface area contributed by atoms with Gasteiger partial charge in [-0.15, -0.1) is 0 Å². The Morgan fingerprint density at radius 3 is 2.52 bits per heavy atom. The third-order valence-corrected chi connectivity index (χ3v) is 4.27. The molecule has 0 bridgehead atoms. The molecule has 0 fully saturated rings. The number of amides is 2. The van der Waals surface area contributed by atoms with E-state index in [9.17, 15) is 9.59 Å². The Kier molecular flexibility index (Phi) is 6.84. The summed E-state index contributed by atoms with van der Waals surface area (Å²) in [6.45, 7) is -0.0645. The van der Waals surface area contributed by atoms with E-state index in [2.05, 4.69) is 21.2 Å². The first-order chi connectivity index (χ1) is 11.9. The van der Waals surface area contributed by atoms with E-state index in [0.717, 1.165) is 10.0 Å². The summed E-state index contributed by atoms with van der Waals surface area (Å²) in [6, 6.07) is 12.4. The number of carbonyl (C=O) groups excluding carboxylic acids is 2. The molecule has 132 valence electrons. The number of methoxy groups -OCH3 is 1. The van der Waals surface area contributed by atoms with Crippen molar-refractivity contribution in [3.05, 3.63) is 57.5 Å². The second-order valence-electron chi connectivity index (χ2n) is 5.45. The fourth-order valence-corrected chi connectivity index (χ4v) is 2.62. The number of carbonyl (C=O) groups is 2. The molecule has 0 aliphatic carbocycles. The van der Waals surface area contributed by atoms with Gasteiger partial charge in [0.1, 0.15) is 5.75 Å². The SMILES string of the molecule is COc1ccc(Cl)cc1NC(=O)CN(C)C(=O)Cc1ccc(Br)cc1. The largest absolute Gasteiger partial charge is 0.495 e. The highest BCUT2D eigenvalue weighted by atomic mass is 79.9. The summed E-state index contributed by atoms with van der Waals surface area (Å²) >= 11 is 9.29. The number of hydrogen-bond acceptors (Lipinski definition) is 3. The van der Waals surface area contributed by atoms with Gasteiger partial charge in [0.2, 0.25) is 11.8 Å². The van der Waals surface area contributed by atoms with Gasteiger partial charge in [-0.3, -0.25) is 9.59 Å². The quantitative estimate of drug-likeness (QED) is 0.767. The number of ether oxygens (including phenoxy) is 1.